The van der Waals surface area contributed by atoms with Crippen LogP contribution >= 0.6 is 15.6 Å². The van der Waals surface area contributed by atoms with Crippen LogP contribution in [0.25, 0.3) is 11.2 Å². The third-order valence-corrected chi connectivity index (χ3v) is 7.88. The maximum absolute atomic E-state index is 12.8. The Balaban J connectivity index is 1.25. The van der Waals surface area contributed by atoms with Crippen molar-refractivity contribution >= 4 is 38.6 Å². The highest BCUT2D eigenvalue weighted by Crippen LogP contribution is 2.49. The molecule has 7 atom stereocenters. The second-order valence-electron chi connectivity index (χ2n) is 9.31. The lowest BCUT2D eigenvalue weighted by Gasteiger charge is -2.22. The highest BCUT2D eigenvalue weighted by molar-refractivity contribution is 7.47. The fourth-order valence-corrected chi connectivity index (χ4v) is 5.81. The van der Waals surface area contributed by atoms with Crippen molar-refractivity contribution in [1.29, 1.82) is 0 Å². The molecule has 5 rings (SSSR count). The summed E-state index contributed by atoms with van der Waals surface area (Å²) < 4.78 is 52.5. The number of nitrogen functional groups attached to an aromatic ring is 2. The molecule has 2 fully saturated rings. The number of aromatic nitrogens is 6. The number of fused-ring (bicyclic) bond motifs is 1. The van der Waals surface area contributed by atoms with Crippen molar-refractivity contribution in [2.75, 3.05) is 24.7 Å². The molecule has 5 heterocycles. The number of nitrogens with one attached hydrogen (secondary N) is 1. The number of phosphoric ester groups is 2. The maximum atomic E-state index is 12.8. The quantitative estimate of drug-likeness (QED) is 0.119. The fourth-order valence-electron chi connectivity index (χ4n) is 4.51. The Morgan fingerprint density at radius 2 is 1.71 bits per heavy atom. The van der Waals surface area contributed by atoms with Crippen LogP contribution in [-0.2, 0) is 32.2 Å². The van der Waals surface area contributed by atoms with E-state index in [0.29, 0.717) is 0 Å². The Bertz CT molecular complexity index is 1670. The lowest BCUT2D eigenvalue weighted by atomic mass is 10.2. The molecule has 21 nitrogen and oxygen atoms in total. The number of anilines is 2. The molecule has 0 aromatic carbocycles. The lowest BCUT2D eigenvalue weighted by molar-refractivity contribution is -0.0558. The Kier molecular flexibility index (Phi) is 8.36. The highest BCUT2D eigenvalue weighted by atomic mass is 31.2. The van der Waals surface area contributed by atoms with Gasteiger partial charge in [-0.25, -0.2) is 18.9 Å². The Hall–Kier alpha value is -3.07. The van der Waals surface area contributed by atoms with Gasteiger partial charge in [-0.2, -0.15) is 9.97 Å². The van der Waals surface area contributed by atoms with Crippen molar-refractivity contribution in [3.8, 4) is 0 Å². The van der Waals surface area contributed by atoms with Gasteiger partial charge in [-0.3, -0.25) is 32.5 Å². The van der Waals surface area contributed by atoms with Gasteiger partial charge in [0.25, 0.3) is 5.56 Å². The van der Waals surface area contributed by atoms with Crippen LogP contribution in [-0.4, -0.2) is 86.5 Å². The molecule has 3 aromatic heterocycles. The zero-order valence-electron chi connectivity index (χ0n) is 21.3. The van der Waals surface area contributed by atoms with Gasteiger partial charge < -0.3 is 40.7 Å². The van der Waals surface area contributed by atoms with Crippen molar-refractivity contribution in [3.05, 3.63) is 39.4 Å². The van der Waals surface area contributed by atoms with E-state index in [2.05, 4.69) is 24.5 Å². The van der Waals surface area contributed by atoms with E-state index in [1.54, 1.807) is 0 Å². The minimum Gasteiger partial charge on any atom is -0.390 e. The molecule has 0 aliphatic carbocycles. The number of hydrogen-bond donors (Lipinski definition) is 7. The summed E-state index contributed by atoms with van der Waals surface area (Å²) in [6.45, 7) is -1.40. The van der Waals surface area contributed by atoms with E-state index in [0.717, 1.165) is 4.57 Å². The summed E-state index contributed by atoms with van der Waals surface area (Å²) in [5.41, 5.74) is 9.79. The number of hydrogen-bond acceptors (Lipinski definition) is 15. The van der Waals surface area contributed by atoms with E-state index in [1.165, 1.54) is 23.2 Å². The predicted octanol–water partition coefficient (Wildman–Crippen LogP) is -1.91. The topological polar surface area (TPSA) is 312 Å². The summed E-state index contributed by atoms with van der Waals surface area (Å²) >= 11 is 0. The standard InChI is InChI=1S/C19H26N8O13P2/c20-12-1-2-26(19(30)23-12)14-4-9(11(39-14)6-36-41(31,32)33)40-42(34,35)37-5-10-8(28)3-13(38-10)27-7-22-15-16(27)24-18(21)25-17(15)29/h1-2,7-11,13-14,28H,3-6H2,(H,34,35)(H2,20,23,30)(H2,31,32,33)(H3,21,24,25,29). The number of nitrogens with two attached hydrogens (primary N) is 2. The van der Waals surface area contributed by atoms with Crippen molar-refractivity contribution in [1.82, 2.24) is 29.1 Å². The number of imidazole rings is 1. The number of aromatic amines is 1. The number of H-pyrrole nitrogens is 1. The average Bonchev–Trinajstić information content (AvgIpc) is 3.57. The molecular weight excluding hydrogens is 610 g/mol. The summed E-state index contributed by atoms with van der Waals surface area (Å²) in [6, 6.07) is 1.30. The first-order valence-corrected chi connectivity index (χ1v) is 15.1. The smallest absolute Gasteiger partial charge is 0.390 e. The maximum Gasteiger partial charge on any atom is 0.472 e. The molecule has 0 radical (unpaired) electrons. The SMILES string of the molecule is Nc1ccn(C2CC(OP(=O)(O)OCC3OC(n4cnc5c(=O)[nH]c(N)nc54)CC3O)C(COP(=O)(O)O)O2)c(=O)n1. The van der Waals surface area contributed by atoms with Crippen molar-refractivity contribution in [2.24, 2.45) is 0 Å². The Morgan fingerprint density at radius 1 is 1.02 bits per heavy atom. The van der Waals surface area contributed by atoms with Crippen LogP contribution in [0.4, 0.5) is 11.8 Å². The zero-order chi connectivity index (χ0) is 30.4. The minimum absolute atomic E-state index is 0.0124. The van der Waals surface area contributed by atoms with Crippen molar-refractivity contribution in [2.45, 2.75) is 49.7 Å². The van der Waals surface area contributed by atoms with Crippen LogP contribution in [0.5, 0.6) is 0 Å². The molecule has 0 saturated carbocycles. The molecule has 0 bridgehead atoms. The van der Waals surface area contributed by atoms with Crippen LogP contribution in [0.3, 0.4) is 0 Å². The molecule has 2 aliphatic heterocycles. The third-order valence-electron chi connectivity index (χ3n) is 6.38. The molecule has 0 spiro atoms. The van der Waals surface area contributed by atoms with Gasteiger partial charge >= 0.3 is 21.3 Å². The van der Waals surface area contributed by atoms with Crippen LogP contribution in [0.1, 0.15) is 25.3 Å². The third kappa shape index (κ3) is 6.77. The number of ether oxygens (including phenoxy) is 2. The molecule has 42 heavy (non-hydrogen) atoms. The normalized spacial score (nSPS) is 27.9. The molecule has 0 amide bonds. The van der Waals surface area contributed by atoms with Crippen molar-refractivity contribution in [3.63, 3.8) is 0 Å². The Labute approximate surface area is 233 Å². The van der Waals surface area contributed by atoms with Crippen LogP contribution < -0.4 is 22.7 Å². The number of aliphatic hydroxyl groups excluding tert-OH is 1. The molecule has 23 heteroatoms. The van der Waals surface area contributed by atoms with E-state index in [1.807, 2.05) is 0 Å². The van der Waals surface area contributed by atoms with Gasteiger partial charge in [-0.05, 0) is 6.07 Å². The Morgan fingerprint density at radius 3 is 2.43 bits per heavy atom. The number of aliphatic hydroxyl groups is 1. The lowest BCUT2D eigenvalue weighted by Crippen LogP contribution is -2.30. The van der Waals surface area contributed by atoms with Gasteiger partial charge in [0.1, 0.15) is 36.6 Å². The second kappa shape index (κ2) is 11.5. The second-order valence-corrected chi connectivity index (χ2v) is 12.0. The van der Waals surface area contributed by atoms with E-state index in [4.69, 9.17) is 39.8 Å². The molecule has 2 aliphatic rings. The van der Waals surface area contributed by atoms with Crippen LogP contribution in [0.15, 0.2) is 28.2 Å². The summed E-state index contributed by atoms with van der Waals surface area (Å²) in [5, 5.41) is 10.5. The van der Waals surface area contributed by atoms with E-state index in [9.17, 15) is 28.7 Å². The van der Waals surface area contributed by atoms with Gasteiger partial charge in [0.05, 0.1) is 25.6 Å². The van der Waals surface area contributed by atoms with Gasteiger partial charge in [-0.15, -0.1) is 0 Å². The molecular formula is C19H26N8O13P2. The van der Waals surface area contributed by atoms with Crippen LogP contribution in [0.2, 0.25) is 0 Å². The number of phosphoric acid groups is 2. The molecule has 3 aromatic rings. The van der Waals surface area contributed by atoms with E-state index >= 15 is 0 Å². The average molecular weight is 636 g/mol. The van der Waals surface area contributed by atoms with Crippen LogP contribution in [0, 0.1) is 0 Å². The summed E-state index contributed by atoms with van der Waals surface area (Å²) in [7, 11) is -9.89. The highest BCUT2D eigenvalue weighted by Gasteiger charge is 2.44. The van der Waals surface area contributed by atoms with Crippen molar-refractivity contribution < 1.29 is 52.0 Å². The summed E-state index contributed by atoms with van der Waals surface area (Å²) in [4.78, 5) is 66.7. The molecule has 230 valence electrons. The summed E-state index contributed by atoms with van der Waals surface area (Å²) in [6.07, 6.45) is -4.73. The van der Waals surface area contributed by atoms with E-state index in [-0.39, 0.29) is 35.8 Å². The summed E-state index contributed by atoms with van der Waals surface area (Å²) in [5.74, 6) is -0.225. The van der Waals surface area contributed by atoms with Gasteiger partial charge in [0.15, 0.2) is 11.2 Å². The molecule has 9 N–H and O–H groups in total. The first-order valence-electron chi connectivity index (χ1n) is 12.1. The number of nitrogens with zero attached hydrogens (tertiary/aromatic N) is 5. The zero-order valence-corrected chi connectivity index (χ0v) is 23.1. The first-order chi connectivity index (χ1) is 19.7. The van der Waals surface area contributed by atoms with Gasteiger partial charge in [-0.1, -0.05) is 0 Å². The predicted molar refractivity (Wildman–Crippen MR) is 137 cm³/mol. The molecule has 7 unspecified atom stereocenters. The molecule has 2 saturated heterocycles. The fraction of sp³-hybridized carbons (Fsp3) is 0.526. The monoisotopic (exact) mass is 636 g/mol. The van der Waals surface area contributed by atoms with Gasteiger partial charge in [0, 0.05) is 19.0 Å². The van der Waals surface area contributed by atoms with E-state index < -0.39 is 77.0 Å². The minimum atomic E-state index is -4.96. The largest absolute Gasteiger partial charge is 0.472 e. The van der Waals surface area contributed by atoms with Gasteiger partial charge in [0.2, 0.25) is 5.95 Å². The first kappa shape index (κ1) is 30.4. The number of rotatable bonds is 10.